The summed E-state index contributed by atoms with van der Waals surface area (Å²) in [5, 5.41) is 0.290. The average Bonchev–Trinajstić information content (AvgIpc) is 2.82. The van der Waals surface area contributed by atoms with E-state index in [-0.39, 0.29) is 17.1 Å². The van der Waals surface area contributed by atoms with Crippen LogP contribution in [0.4, 0.5) is 0 Å². The van der Waals surface area contributed by atoms with Gasteiger partial charge in [0.15, 0.2) is 0 Å². The Labute approximate surface area is 122 Å². The Kier molecular flexibility index (Phi) is 3.22. The molecule has 1 unspecified atom stereocenters. The van der Waals surface area contributed by atoms with Crippen molar-refractivity contribution in [3.05, 3.63) is 46.8 Å². The Balaban J connectivity index is 1.88. The lowest BCUT2D eigenvalue weighted by Crippen LogP contribution is -2.41. The first kappa shape index (κ1) is 13.1. The maximum Gasteiger partial charge on any atom is 0.274 e. The van der Waals surface area contributed by atoms with E-state index in [1.807, 2.05) is 11.8 Å². The van der Waals surface area contributed by atoms with Crippen LogP contribution in [0, 0.1) is 6.92 Å². The van der Waals surface area contributed by atoms with E-state index in [9.17, 15) is 4.79 Å². The number of halogens is 1. The lowest BCUT2D eigenvalue weighted by molar-refractivity contribution is 0.0636. The van der Waals surface area contributed by atoms with Crippen molar-refractivity contribution in [2.24, 2.45) is 0 Å². The minimum absolute atomic E-state index is 0.0300. The van der Waals surface area contributed by atoms with Crippen molar-refractivity contribution in [3.8, 4) is 0 Å². The van der Waals surface area contributed by atoms with Gasteiger partial charge >= 0.3 is 0 Å². The zero-order valence-corrected chi connectivity index (χ0v) is 12.1. The van der Waals surface area contributed by atoms with Crippen molar-refractivity contribution < 1.29 is 4.79 Å². The predicted molar refractivity (Wildman–Crippen MR) is 75.7 cm³/mol. The monoisotopic (exact) mass is 290 g/mol. The topological polar surface area (TPSA) is 51.0 Å². The van der Waals surface area contributed by atoms with E-state index >= 15 is 0 Å². The molecular weight excluding hydrogens is 276 g/mol. The SMILES string of the molecule is Cc1ccc2n1CCN(C(=O)c1cnc(Cl)cn1)C2C. The van der Waals surface area contributed by atoms with Crippen LogP contribution in [0.25, 0.3) is 0 Å². The van der Waals surface area contributed by atoms with E-state index < -0.39 is 0 Å². The van der Waals surface area contributed by atoms with Gasteiger partial charge in [-0.3, -0.25) is 4.79 Å². The second-order valence-corrected chi connectivity index (χ2v) is 5.34. The number of aryl methyl sites for hydroxylation is 1. The van der Waals surface area contributed by atoms with Gasteiger partial charge in [-0.05, 0) is 26.0 Å². The summed E-state index contributed by atoms with van der Waals surface area (Å²) in [6, 6.07) is 4.19. The standard InChI is InChI=1S/C14H15ClN4O/c1-9-3-4-12-10(2)19(6-5-18(9)12)14(20)11-7-17-13(15)8-16-11/h3-4,7-8,10H,5-6H2,1-2H3. The van der Waals surface area contributed by atoms with Crippen LogP contribution in [0.1, 0.15) is 34.8 Å². The highest BCUT2D eigenvalue weighted by Gasteiger charge is 2.29. The molecule has 6 heteroatoms. The molecule has 1 atom stereocenters. The van der Waals surface area contributed by atoms with Gasteiger partial charge in [-0.1, -0.05) is 11.6 Å². The Morgan fingerprint density at radius 3 is 2.80 bits per heavy atom. The third-order valence-electron chi connectivity index (χ3n) is 3.79. The molecular formula is C14H15ClN4O. The maximum atomic E-state index is 12.5. The summed E-state index contributed by atoms with van der Waals surface area (Å²) in [4.78, 5) is 22.3. The van der Waals surface area contributed by atoms with Crippen molar-refractivity contribution >= 4 is 17.5 Å². The quantitative estimate of drug-likeness (QED) is 0.811. The zero-order chi connectivity index (χ0) is 14.3. The molecule has 1 aliphatic rings. The molecule has 0 saturated heterocycles. The van der Waals surface area contributed by atoms with E-state index in [0.29, 0.717) is 12.2 Å². The average molecular weight is 291 g/mol. The smallest absolute Gasteiger partial charge is 0.274 e. The highest BCUT2D eigenvalue weighted by atomic mass is 35.5. The lowest BCUT2D eigenvalue weighted by Gasteiger charge is -2.35. The molecule has 0 aromatic carbocycles. The highest BCUT2D eigenvalue weighted by Crippen LogP contribution is 2.28. The van der Waals surface area contributed by atoms with Crippen molar-refractivity contribution in [2.45, 2.75) is 26.4 Å². The molecule has 2 aromatic heterocycles. The Hall–Kier alpha value is -1.88. The largest absolute Gasteiger partial charge is 0.345 e. The van der Waals surface area contributed by atoms with Crippen molar-refractivity contribution in [2.75, 3.05) is 6.54 Å². The van der Waals surface area contributed by atoms with Gasteiger partial charge in [0.05, 0.1) is 18.4 Å². The predicted octanol–water partition coefficient (Wildman–Crippen LogP) is 2.46. The van der Waals surface area contributed by atoms with Crippen LogP contribution in [-0.4, -0.2) is 31.9 Å². The highest BCUT2D eigenvalue weighted by molar-refractivity contribution is 6.29. The molecule has 3 heterocycles. The third-order valence-corrected chi connectivity index (χ3v) is 3.99. The maximum absolute atomic E-state index is 12.5. The zero-order valence-electron chi connectivity index (χ0n) is 11.4. The van der Waals surface area contributed by atoms with Crippen LogP contribution in [0.5, 0.6) is 0 Å². The fourth-order valence-corrected chi connectivity index (χ4v) is 2.77. The van der Waals surface area contributed by atoms with E-state index in [1.165, 1.54) is 18.1 Å². The first-order valence-electron chi connectivity index (χ1n) is 6.52. The summed E-state index contributed by atoms with van der Waals surface area (Å²) in [5.74, 6) is -0.105. The number of nitrogens with zero attached hydrogens (tertiary/aromatic N) is 4. The summed E-state index contributed by atoms with van der Waals surface area (Å²) < 4.78 is 2.25. The molecule has 0 fully saturated rings. The molecule has 0 radical (unpaired) electrons. The molecule has 20 heavy (non-hydrogen) atoms. The van der Waals surface area contributed by atoms with Gasteiger partial charge in [0.25, 0.3) is 5.91 Å². The van der Waals surface area contributed by atoms with Crippen LogP contribution in [0.2, 0.25) is 5.15 Å². The van der Waals surface area contributed by atoms with Crippen LogP contribution in [-0.2, 0) is 6.54 Å². The van der Waals surface area contributed by atoms with Gasteiger partial charge in [0.1, 0.15) is 10.8 Å². The number of aromatic nitrogens is 3. The third kappa shape index (κ3) is 2.08. The van der Waals surface area contributed by atoms with E-state index in [0.717, 1.165) is 12.2 Å². The van der Waals surface area contributed by atoms with Crippen LogP contribution in [0.15, 0.2) is 24.5 Å². The van der Waals surface area contributed by atoms with Gasteiger partial charge in [-0.25, -0.2) is 9.97 Å². The number of amides is 1. The second kappa shape index (κ2) is 4.90. The van der Waals surface area contributed by atoms with E-state index in [2.05, 4.69) is 33.6 Å². The number of carbonyl (C=O) groups is 1. The van der Waals surface area contributed by atoms with Crippen LogP contribution >= 0.6 is 11.6 Å². The minimum atomic E-state index is -0.105. The van der Waals surface area contributed by atoms with Crippen molar-refractivity contribution in [1.29, 1.82) is 0 Å². The molecule has 1 aliphatic heterocycles. The molecule has 0 N–H and O–H groups in total. The van der Waals surface area contributed by atoms with Crippen molar-refractivity contribution in [3.63, 3.8) is 0 Å². The summed E-state index contributed by atoms with van der Waals surface area (Å²) in [6.45, 7) is 5.60. The van der Waals surface area contributed by atoms with Gasteiger partial charge in [0.2, 0.25) is 0 Å². The summed E-state index contributed by atoms with van der Waals surface area (Å²) in [5.41, 5.74) is 2.72. The molecule has 1 amide bonds. The fourth-order valence-electron chi connectivity index (χ4n) is 2.67. The number of hydrogen-bond donors (Lipinski definition) is 0. The summed E-state index contributed by atoms with van der Waals surface area (Å²) >= 11 is 5.70. The number of hydrogen-bond acceptors (Lipinski definition) is 3. The number of rotatable bonds is 1. The lowest BCUT2D eigenvalue weighted by atomic mass is 10.1. The van der Waals surface area contributed by atoms with Crippen molar-refractivity contribution in [1.82, 2.24) is 19.4 Å². The molecule has 5 nitrogen and oxygen atoms in total. The normalized spacial score (nSPS) is 17.9. The van der Waals surface area contributed by atoms with Crippen LogP contribution < -0.4 is 0 Å². The van der Waals surface area contributed by atoms with Gasteiger partial charge in [0, 0.05) is 24.5 Å². The van der Waals surface area contributed by atoms with E-state index in [4.69, 9.17) is 11.6 Å². The number of fused-ring (bicyclic) bond motifs is 1. The van der Waals surface area contributed by atoms with Gasteiger partial charge in [-0.15, -0.1) is 0 Å². The molecule has 3 rings (SSSR count). The van der Waals surface area contributed by atoms with Crippen LogP contribution in [0.3, 0.4) is 0 Å². The fraction of sp³-hybridized carbons (Fsp3) is 0.357. The van der Waals surface area contributed by atoms with E-state index in [1.54, 1.807) is 0 Å². The summed E-state index contributed by atoms with van der Waals surface area (Å²) in [6.07, 6.45) is 2.83. The first-order chi connectivity index (χ1) is 9.58. The Morgan fingerprint density at radius 2 is 2.10 bits per heavy atom. The number of carbonyl (C=O) groups excluding carboxylic acids is 1. The minimum Gasteiger partial charge on any atom is -0.345 e. The first-order valence-corrected chi connectivity index (χ1v) is 6.90. The van der Waals surface area contributed by atoms with Gasteiger partial charge < -0.3 is 9.47 Å². The Morgan fingerprint density at radius 1 is 1.30 bits per heavy atom. The Bertz CT molecular complexity index is 650. The molecule has 0 bridgehead atoms. The summed E-state index contributed by atoms with van der Waals surface area (Å²) in [7, 11) is 0. The molecule has 0 aliphatic carbocycles. The molecule has 0 saturated carbocycles. The second-order valence-electron chi connectivity index (χ2n) is 4.95. The van der Waals surface area contributed by atoms with Gasteiger partial charge in [-0.2, -0.15) is 0 Å². The molecule has 104 valence electrons. The molecule has 0 spiro atoms. The molecule has 2 aromatic rings.